The van der Waals surface area contributed by atoms with Crippen molar-refractivity contribution in [3.63, 3.8) is 0 Å². The van der Waals surface area contributed by atoms with E-state index in [2.05, 4.69) is 0 Å². The van der Waals surface area contributed by atoms with Crippen molar-refractivity contribution in [2.45, 2.75) is 20.5 Å². The fourth-order valence-electron chi connectivity index (χ4n) is 1.82. The van der Waals surface area contributed by atoms with Crippen molar-refractivity contribution in [1.82, 2.24) is 0 Å². The second kappa shape index (κ2) is 6.06. The molecule has 0 saturated heterocycles. The summed E-state index contributed by atoms with van der Waals surface area (Å²) in [5, 5.41) is 0.355. The molecule has 2 rings (SSSR count). The van der Waals surface area contributed by atoms with Crippen LogP contribution in [0.5, 0.6) is 5.75 Å². The number of ether oxygens (including phenoxy) is 1. The fourth-order valence-corrected chi connectivity index (χ4v) is 1.98. The van der Waals surface area contributed by atoms with Gasteiger partial charge in [0.15, 0.2) is 5.78 Å². The summed E-state index contributed by atoms with van der Waals surface area (Å²) in [6.45, 7) is 3.47. The van der Waals surface area contributed by atoms with Gasteiger partial charge >= 0.3 is 0 Å². The first-order valence-electron chi connectivity index (χ1n) is 6.15. The number of halogens is 2. The molecule has 0 amide bonds. The predicted molar refractivity (Wildman–Crippen MR) is 76.9 cm³/mol. The molecule has 2 nitrogen and oxygen atoms in total. The standard InChI is InChI=1S/C16H14ClFO2/c1-10-7-12(11(2)19)4-6-16(10)20-9-13-3-5-14(17)8-15(13)18/h3-8H,9H2,1-2H3. The van der Waals surface area contributed by atoms with Gasteiger partial charge in [-0.05, 0) is 49.7 Å². The Bertz CT molecular complexity index is 653. The largest absolute Gasteiger partial charge is 0.489 e. The van der Waals surface area contributed by atoms with Crippen molar-refractivity contribution >= 4 is 17.4 Å². The van der Waals surface area contributed by atoms with Gasteiger partial charge in [0.05, 0.1) is 0 Å². The van der Waals surface area contributed by atoms with E-state index in [1.807, 2.05) is 6.92 Å². The lowest BCUT2D eigenvalue weighted by molar-refractivity contribution is 0.101. The van der Waals surface area contributed by atoms with E-state index in [-0.39, 0.29) is 12.4 Å². The molecule has 0 aliphatic carbocycles. The maximum absolute atomic E-state index is 13.6. The SMILES string of the molecule is CC(=O)c1ccc(OCc2ccc(Cl)cc2F)c(C)c1. The Balaban J connectivity index is 2.13. The molecule has 0 heterocycles. The number of aryl methyl sites for hydroxylation is 1. The number of rotatable bonds is 4. The molecule has 2 aromatic carbocycles. The van der Waals surface area contributed by atoms with Crippen molar-refractivity contribution in [3.05, 3.63) is 63.9 Å². The van der Waals surface area contributed by atoms with E-state index in [9.17, 15) is 9.18 Å². The molecule has 0 radical (unpaired) electrons. The number of ketones is 1. The zero-order chi connectivity index (χ0) is 14.7. The highest BCUT2D eigenvalue weighted by Gasteiger charge is 2.07. The molecule has 0 N–H and O–H groups in total. The average molecular weight is 293 g/mol. The number of benzene rings is 2. The minimum absolute atomic E-state index is 0.00314. The highest BCUT2D eigenvalue weighted by molar-refractivity contribution is 6.30. The molecule has 0 aromatic heterocycles. The monoisotopic (exact) mass is 292 g/mol. The third-order valence-corrected chi connectivity index (χ3v) is 3.21. The van der Waals surface area contributed by atoms with E-state index in [1.54, 1.807) is 30.3 Å². The van der Waals surface area contributed by atoms with E-state index in [0.717, 1.165) is 5.56 Å². The number of carbonyl (C=O) groups excluding carboxylic acids is 1. The molecule has 104 valence electrons. The summed E-state index contributed by atoms with van der Waals surface area (Å²) < 4.78 is 19.2. The lowest BCUT2D eigenvalue weighted by atomic mass is 10.1. The molecule has 0 unspecified atom stereocenters. The van der Waals surface area contributed by atoms with Crippen molar-refractivity contribution in [2.24, 2.45) is 0 Å². The predicted octanol–water partition coefficient (Wildman–Crippen LogP) is 4.57. The smallest absolute Gasteiger partial charge is 0.159 e. The Kier molecular flexibility index (Phi) is 4.40. The fraction of sp³-hybridized carbons (Fsp3) is 0.188. The van der Waals surface area contributed by atoms with Gasteiger partial charge in [0.25, 0.3) is 0 Å². The Morgan fingerprint density at radius 3 is 2.60 bits per heavy atom. The third-order valence-electron chi connectivity index (χ3n) is 2.98. The molecular formula is C16H14ClFO2. The molecule has 0 saturated carbocycles. The van der Waals surface area contributed by atoms with Gasteiger partial charge in [-0.3, -0.25) is 4.79 Å². The quantitative estimate of drug-likeness (QED) is 0.772. The van der Waals surface area contributed by atoms with Crippen LogP contribution in [0.15, 0.2) is 36.4 Å². The summed E-state index contributed by atoms with van der Waals surface area (Å²) in [6, 6.07) is 9.65. The van der Waals surface area contributed by atoms with Crippen LogP contribution in [-0.4, -0.2) is 5.78 Å². The van der Waals surface area contributed by atoms with Crippen molar-refractivity contribution in [3.8, 4) is 5.75 Å². The zero-order valence-corrected chi connectivity index (χ0v) is 12.0. The average Bonchev–Trinajstić information content (AvgIpc) is 2.38. The molecule has 0 fully saturated rings. The van der Waals surface area contributed by atoms with Crippen LogP contribution in [0.25, 0.3) is 0 Å². The van der Waals surface area contributed by atoms with Crippen LogP contribution < -0.4 is 4.74 Å². The maximum atomic E-state index is 13.6. The van der Waals surface area contributed by atoms with Gasteiger partial charge in [-0.2, -0.15) is 0 Å². The van der Waals surface area contributed by atoms with E-state index in [0.29, 0.717) is 21.9 Å². The first-order valence-corrected chi connectivity index (χ1v) is 6.53. The van der Waals surface area contributed by atoms with Gasteiger partial charge in [-0.1, -0.05) is 17.7 Å². The van der Waals surface area contributed by atoms with Gasteiger partial charge in [0.1, 0.15) is 18.2 Å². The molecule has 20 heavy (non-hydrogen) atoms. The summed E-state index contributed by atoms with van der Waals surface area (Å²) >= 11 is 5.69. The van der Waals surface area contributed by atoms with Gasteiger partial charge in [0.2, 0.25) is 0 Å². The summed E-state index contributed by atoms with van der Waals surface area (Å²) in [4.78, 5) is 11.3. The van der Waals surface area contributed by atoms with Crippen LogP contribution in [0.1, 0.15) is 28.4 Å². The van der Waals surface area contributed by atoms with E-state index >= 15 is 0 Å². The van der Waals surface area contributed by atoms with Crippen molar-refractivity contribution in [2.75, 3.05) is 0 Å². The minimum Gasteiger partial charge on any atom is -0.489 e. The number of hydrogen-bond acceptors (Lipinski definition) is 2. The van der Waals surface area contributed by atoms with Crippen LogP contribution in [0.4, 0.5) is 4.39 Å². The second-order valence-electron chi connectivity index (χ2n) is 4.56. The lowest BCUT2D eigenvalue weighted by Crippen LogP contribution is -2.01. The summed E-state index contributed by atoms with van der Waals surface area (Å²) in [6.07, 6.45) is 0. The number of hydrogen-bond donors (Lipinski definition) is 0. The summed E-state index contributed by atoms with van der Waals surface area (Å²) in [5.41, 5.74) is 1.91. The van der Waals surface area contributed by atoms with Crippen LogP contribution in [0, 0.1) is 12.7 Å². The molecule has 0 aliphatic heterocycles. The zero-order valence-electron chi connectivity index (χ0n) is 11.2. The Hall–Kier alpha value is -1.87. The van der Waals surface area contributed by atoms with Gasteiger partial charge in [-0.15, -0.1) is 0 Å². The van der Waals surface area contributed by atoms with Crippen molar-refractivity contribution < 1.29 is 13.9 Å². The maximum Gasteiger partial charge on any atom is 0.159 e. The van der Waals surface area contributed by atoms with E-state index in [4.69, 9.17) is 16.3 Å². The highest BCUT2D eigenvalue weighted by Crippen LogP contribution is 2.22. The molecular weight excluding hydrogens is 279 g/mol. The Labute approximate surface area is 122 Å². The molecule has 0 aliphatic rings. The molecule has 2 aromatic rings. The highest BCUT2D eigenvalue weighted by atomic mass is 35.5. The first kappa shape index (κ1) is 14.5. The Morgan fingerprint density at radius 1 is 1.25 bits per heavy atom. The van der Waals surface area contributed by atoms with Crippen molar-refractivity contribution in [1.29, 1.82) is 0 Å². The van der Waals surface area contributed by atoms with Gasteiger partial charge < -0.3 is 4.74 Å². The van der Waals surface area contributed by atoms with Crippen LogP contribution in [0.3, 0.4) is 0 Å². The first-order chi connectivity index (χ1) is 9.47. The van der Waals surface area contributed by atoms with Gasteiger partial charge in [-0.25, -0.2) is 4.39 Å². The second-order valence-corrected chi connectivity index (χ2v) is 5.00. The Morgan fingerprint density at radius 2 is 2.00 bits per heavy atom. The van der Waals surface area contributed by atoms with Crippen LogP contribution in [0.2, 0.25) is 5.02 Å². The molecule has 0 bridgehead atoms. The lowest BCUT2D eigenvalue weighted by Gasteiger charge is -2.10. The summed E-state index contributed by atoms with van der Waals surface area (Å²) in [5.74, 6) is 0.239. The number of carbonyl (C=O) groups is 1. The third kappa shape index (κ3) is 3.36. The van der Waals surface area contributed by atoms with E-state index in [1.165, 1.54) is 13.0 Å². The molecule has 0 atom stereocenters. The normalized spacial score (nSPS) is 10.4. The van der Waals surface area contributed by atoms with Crippen LogP contribution >= 0.6 is 11.6 Å². The molecule has 4 heteroatoms. The number of Topliss-reactive ketones (excluding diaryl/α,β-unsaturated/α-hetero) is 1. The minimum atomic E-state index is -0.393. The topological polar surface area (TPSA) is 26.3 Å². The summed E-state index contributed by atoms with van der Waals surface area (Å²) in [7, 11) is 0. The van der Waals surface area contributed by atoms with Crippen LogP contribution in [-0.2, 0) is 6.61 Å². The van der Waals surface area contributed by atoms with Gasteiger partial charge in [0, 0.05) is 16.1 Å². The van der Waals surface area contributed by atoms with E-state index < -0.39 is 5.82 Å². The molecule has 0 spiro atoms.